The Balaban J connectivity index is 0.00000121. The number of para-hydroxylation sites is 1. The zero-order valence-corrected chi connectivity index (χ0v) is 17.9. The number of rotatable bonds is 0. The summed E-state index contributed by atoms with van der Waals surface area (Å²) in [4.78, 5) is 7.10. The summed E-state index contributed by atoms with van der Waals surface area (Å²) in [6.07, 6.45) is 0. The lowest BCUT2D eigenvalue weighted by molar-refractivity contribution is -0.864. The van der Waals surface area contributed by atoms with Crippen LogP contribution in [0.25, 0.3) is 0 Å². The second-order valence-corrected chi connectivity index (χ2v) is 6.93. The van der Waals surface area contributed by atoms with Gasteiger partial charge >= 0.3 is 0 Å². The zero-order valence-electron chi connectivity index (χ0n) is 14.7. The Morgan fingerprint density at radius 3 is 2.41 bits per heavy atom. The number of halogens is 4. The van der Waals surface area contributed by atoms with Gasteiger partial charge in [0.15, 0.2) is 0 Å². The standard InChI is InChI=1S/C18H19ClN4O.3ClH/c1-23(24)10-8-22(9-11-23)18-14-4-2-3-5-15(14)20-16-7-6-13(19)12-17(16)21-18;;;/h2-7,12,20H,8-11H2,1H3;3*1H. The zero-order chi connectivity index (χ0) is 16.7. The van der Waals surface area contributed by atoms with Gasteiger partial charge in [-0.25, -0.2) is 4.99 Å². The van der Waals surface area contributed by atoms with Crippen molar-refractivity contribution >= 4 is 71.7 Å². The van der Waals surface area contributed by atoms with E-state index in [1.54, 1.807) is 7.05 Å². The van der Waals surface area contributed by atoms with E-state index in [1.807, 2.05) is 36.4 Å². The van der Waals surface area contributed by atoms with E-state index in [-0.39, 0.29) is 41.9 Å². The van der Waals surface area contributed by atoms with E-state index in [2.05, 4.69) is 16.3 Å². The second kappa shape index (κ2) is 9.32. The molecule has 0 aliphatic carbocycles. The molecule has 5 nitrogen and oxygen atoms in total. The Morgan fingerprint density at radius 2 is 1.70 bits per heavy atom. The van der Waals surface area contributed by atoms with Crippen molar-refractivity contribution in [1.82, 2.24) is 4.90 Å². The summed E-state index contributed by atoms with van der Waals surface area (Å²) >= 11 is 6.16. The molecule has 0 amide bonds. The third-order valence-electron chi connectivity index (χ3n) is 4.61. The van der Waals surface area contributed by atoms with Crippen LogP contribution in [-0.4, -0.2) is 48.6 Å². The van der Waals surface area contributed by atoms with Crippen LogP contribution in [0, 0.1) is 5.21 Å². The molecule has 2 heterocycles. The van der Waals surface area contributed by atoms with Crippen molar-refractivity contribution in [2.45, 2.75) is 0 Å². The lowest BCUT2D eigenvalue weighted by atomic mass is 10.1. The van der Waals surface area contributed by atoms with E-state index in [9.17, 15) is 5.21 Å². The summed E-state index contributed by atoms with van der Waals surface area (Å²) in [5.74, 6) is 0.902. The van der Waals surface area contributed by atoms with Gasteiger partial charge in [0.25, 0.3) is 0 Å². The molecule has 0 spiro atoms. The number of anilines is 2. The van der Waals surface area contributed by atoms with E-state index >= 15 is 0 Å². The molecule has 0 bridgehead atoms. The SMILES string of the molecule is C[N+]1([O-])CCN(C2=Nc3cc(Cl)ccc3Nc3ccccc32)CC1.Cl.Cl.Cl. The molecule has 0 saturated carbocycles. The molecule has 0 aromatic heterocycles. The Labute approximate surface area is 182 Å². The summed E-state index contributed by atoms with van der Waals surface area (Å²) in [6, 6.07) is 13.8. The molecule has 148 valence electrons. The van der Waals surface area contributed by atoms with Crippen molar-refractivity contribution in [3.05, 3.63) is 58.3 Å². The van der Waals surface area contributed by atoms with Crippen LogP contribution in [0.5, 0.6) is 0 Å². The number of quaternary nitrogens is 1. The maximum Gasteiger partial charge on any atom is 0.139 e. The van der Waals surface area contributed by atoms with E-state index in [0.29, 0.717) is 31.2 Å². The first kappa shape index (κ1) is 23.8. The lowest BCUT2D eigenvalue weighted by Crippen LogP contribution is -2.55. The Kier molecular flexibility index (Phi) is 8.23. The van der Waals surface area contributed by atoms with Crippen molar-refractivity contribution < 1.29 is 4.65 Å². The first-order valence-electron chi connectivity index (χ1n) is 8.07. The Morgan fingerprint density at radius 1 is 1.04 bits per heavy atom. The van der Waals surface area contributed by atoms with Crippen molar-refractivity contribution in [3.63, 3.8) is 0 Å². The maximum absolute atomic E-state index is 12.1. The monoisotopic (exact) mass is 450 g/mol. The minimum atomic E-state index is -0.188. The molecule has 4 rings (SSSR count). The highest BCUT2D eigenvalue weighted by molar-refractivity contribution is 6.31. The largest absolute Gasteiger partial charge is 0.633 e. The van der Waals surface area contributed by atoms with Crippen LogP contribution in [0.15, 0.2) is 47.5 Å². The number of likely N-dealkylation sites (N-methyl/N-ethyl adjacent to an activating group) is 1. The van der Waals surface area contributed by atoms with E-state index in [0.717, 1.165) is 28.5 Å². The minimum absolute atomic E-state index is 0. The minimum Gasteiger partial charge on any atom is -0.633 e. The van der Waals surface area contributed by atoms with Gasteiger partial charge in [-0.1, -0.05) is 23.7 Å². The van der Waals surface area contributed by atoms with E-state index < -0.39 is 0 Å². The molecule has 2 aliphatic heterocycles. The summed E-state index contributed by atoms with van der Waals surface area (Å²) in [6.45, 7) is 2.53. The van der Waals surface area contributed by atoms with Gasteiger partial charge < -0.3 is 20.1 Å². The van der Waals surface area contributed by atoms with Crippen LogP contribution in [-0.2, 0) is 0 Å². The number of amidine groups is 1. The maximum atomic E-state index is 12.1. The average molecular weight is 452 g/mol. The van der Waals surface area contributed by atoms with Gasteiger partial charge in [0.05, 0.1) is 44.6 Å². The molecule has 2 aliphatic rings. The normalized spacial score (nSPS) is 16.7. The first-order valence-corrected chi connectivity index (χ1v) is 8.45. The highest BCUT2D eigenvalue weighted by Gasteiger charge is 2.27. The quantitative estimate of drug-likeness (QED) is 0.452. The fraction of sp³-hybridized carbons (Fsp3) is 0.278. The molecular formula is C18H22Cl4N4O. The summed E-state index contributed by atoms with van der Waals surface area (Å²) < 4.78 is -0.188. The number of nitrogens with one attached hydrogen (secondary N) is 1. The van der Waals surface area contributed by atoms with Crippen LogP contribution < -0.4 is 5.32 Å². The third-order valence-corrected chi connectivity index (χ3v) is 4.84. The fourth-order valence-corrected chi connectivity index (χ4v) is 3.32. The van der Waals surface area contributed by atoms with Gasteiger partial charge in [-0.05, 0) is 30.3 Å². The molecule has 0 atom stereocenters. The molecule has 0 unspecified atom stereocenters. The fourth-order valence-electron chi connectivity index (χ4n) is 3.15. The van der Waals surface area contributed by atoms with Gasteiger partial charge in [0.1, 0.15) is 5.84 Å². The van der Waals surface area contributed by atoms with Gasteiger partial charge in [0.2, 0.25) is 0 Å². The molecule has 1 fully saturated rings. The van der Waals surface area contributed by atoms with Gasteiger partial charge in [0, 0.05) is 16.3 Å². The molecular weight excluding hydrogens is 430 g/mol. The number of piperazine rings is 1. The number of hydrogen-bond donors (Lipinski definition) is 1. The van der Waals surface area contributed by atoms with Crippen LogP contribution >= 0.6 is 48.8 Å². The summed E-state index contributed by atoms with van der Waals surface area (Å²) in [5, 5.41) is 16.3. The number of hydrogen-bond acceptors (Lipinski definition) is 4. The highest BCUT2D eigenvalue weighted by Crippen LogP contribution is 2.36. The molecule has 27 heavy (non-hydrogen) atoms. The second-order valence-electron chi connectivity index (χ2n) is 6.50. The van der Waals surface area contributed by atoms with Crippen LogP contribution in [0.2, 0.25) is 5.02 Å². The smallest absolute Gasteiger partial charge is 0.139 e. The van der Waals surface area contributed by atoms with Crippen molar-refractivity contribution in [2.75, 3.05) is 38.5 Å². The average Bonchev–Trinajstić information content (AvgIpc) is 2.71. The number of hydroxylamine groups is 3. The molecule has 0 radical (unpaired) electrons. The van der Waals surface area contributed by atoms with Gasteiger partial charge in [-0.3, -0.25) is 0 Å². The van der Waals surface area contributed by atoms with E-state index in [4.69, 9.17) is 16.6 Å². The number of nitrogens with zero attached hydrogens (tertiary/aromatic N) is 3. The topological polar surface area (TPSA) is 50.7 Å². The Hall–Kier alpha value is -1.21. The third kappa shape index (κ3) is 4.99. The molecule has 1 saturated heterocycles. The molecule has 2 aromatic rings. The predicted molar refractivity (Wildman–Crippen MR) is 120 cm³/mol. The van der Waals surface area contributed by atoms with Gasteiger partial charge in [-0.2, -0.15) is 0 Å². The van der Waals surface area contributed by atoms with Crippen molar-refractivity contribution in [1.29, 1.82) is 0 Å². The van der Waals surface area contributed by atoms with Crippen LogP contribution in [0.3, 0.4) is 0 Å². The number of fused-ring (bicyclic) bond motifs is 2. The van der Waals surface area contributed by atoms with Crippen LogP contribution in [0.1, 0.15) is 5.56 Å². The van der Waals surface area contributed by atoms with Crippen molar-refractivity contribution in [2.24, 2.45) is 4.99 Å². The Bertz CT molecular complexity index is 819. The lowest BCUT2D eigenvalue weighted by Gasteiger charge is -2.46. The molecule has 1 N–H and O–H groups in total. The molecule has 9 heteroatoms. The van der Waals surface area contributed by atoms with Gasteiger partial charge in [-0.15, -0.1) is 37.2 Å². The van der Waals surface area contributed by atoms with Crippen LogP contribution in [0.4, 0.5) is 17.1 Å². The first-order chi connectivity index (χ1) is 11.5. The summed E-state index contributed by atoms with van der Waals surface area (Å²) in [7, 11) is 1.73. The number of aliphatic imine (C=N–C) groups is 1. The number of benzene rings is 2. The summed E-state index contributed by atoms with van der Waals surface area (Å²) in [5.41, 5.74) is 3.82. The molecule has 2 aromatic carbocycles. The predicted octanol–water partition coefficient (Wildman–Crippen LogP) is 5.00. The van der Waals surface area contributed by atoms with E-state index in [1.165, 1.54) is 0 Å². The highest BCUT2D eigenvalue weighted by atomic mass is 35.5. The van der Waals surface area contributed by atoms with Crippen molar-refractivity contribution in [3.8, 4) is 0 Å².